The van der Waals surface area contributed by atoms with Gasteiger partial charge in [0.15, 0.2) is 0 Å². The average Bonchev–Trinajstić information content (AvgIpc) is 2.35. The molecular formula is C17H36N2. The van der Waals surface area contributed by atoms with Gasteiger partial charge in [0, 0.05) is 12.6 Å². The van der Waals surface area contributed by atoms with Crippen molar-refractivity contribution < 1.29 is 0 Å². The molecule has 0 radical (unpaired) electrons. The van der Waals surface area contributed by atoms with Gasteiger partial charge in [-0.3, -0.25) is 0 Å². The Hall–Kier alpha value is -0.0800. The summed E-state index contributed by atoms with van der Waals surface area (Å²) in [7, 11) is 2.30. The van der Waals surface area contributed by atoms with Crippen LogP contribution in [-0.2, 0) is 0 Å². The number of nitrogens with zero attached hydrogens (tertiary/aromatic N) is 1. The summed E-state index contributed by atoms with van der Waals surface area (Å²) in [6, 6.07) is 0.762. The van der Waals surface area contributed by atoms with E-state index in [2.05, 4.69) is 45.0 Å². The average molecular weight is 268 g/mol. The van der Waals surface area contributed by atoms with E-state index in [1.165, 1.54) is 51.7 Å². The maximum absolute atomic E-state index is 3.79. The van der Waals surface area contributed by atoms with Crippen LogP contribution in [0.2, 0.25) is 0 Å². The lowest BCUT2D eigenvalue weighted by molar-refractivity contribution is 0.157. The van der Waals surface area contributed by atoms with Gasteiger partial charge in [-0.05, 0) is 70.0 Å². The predicted molar refractivity (Wildman–Crippen MR) is 85.5 cm³/mol. The van der Waals surface area contributed by atoms with E-state index in [9.17, 15) is 0 Å². The molecule has 0 bridgehead atoms. The zero-order valence-electron chi connectivity index (χ0n) is 13.9. The minimum absolute atomic E-state index is 0.762. The summed E-state index contributed by atoms with van der Waals surface area (Å²) in [5, 5.41) is 3.79. The third-order valence-corrected chi connectivity index (χ3v) is 4.54. The van der Waals surface area contributed by atoms with Gasteiger partial charge in [-0.2, -0.15) is 0 Å². The molecule has 1 aliphatic carbocycles. The quantitative estimate of drug-likeness (QED) is 0.721. The van der Waals surface area contributed by atoms with Crippen LogP contribution in [0.25, 0.3) is 0 Å². The summed E-state index contributed by atoms with van der Waals surface area (Å²) in [4.78, 5) is 2.56. The van der Waals surface area contributed by atoms with Gasteiger partial charge in [0.05, 0.1) is 0 Å². The molecule has 1 saturated carbocycles. The van der Waals surface area contributed by atoms with Crippen molar-refractivity contribution >= 4 is 0 Å². The fourth-order valence-electron chi connectivity index (χ4n) is 3.27. The van der Waals surface area contributed by atoms with Crippen molar-refractivity contribution in [3.8, 4) is 0 Å². The van der Waals surface area contributed by atoms with Gasteiger partial charge in [0.1, 0.15) is 0 Å². The van der Waals surface area contributed by atoms with E-state index in [4.69, 9.17) is 0 Å². The van der Waals surface area contributed by atoms with Gasteiger partial charge in [-0.25, -0.2) is 0 Å². The second-order valence-corrected chi connectivity index (χ2v) is 7.18. The van der Waals surface area contributed by atoms with Crippen molar-refractivity contribution in [2.75, 3.05) is 26.7 Å². The number of hydrogen-bond donors (Lipinski definition) is 1. The van der Waals surface area contributed by atoms with Gasteiger partial charge in [0.25, 0.3) is 0 Å². The second-order valence-electron chi connectivity index (χ2n) is 7.18. The molecule has 19 heavy (non-hydrogen) atoms. The van der Waals surface area contributed by atoms with Gasteiger partial charge in [-0.15, -0.1) is 0 Å². The van der Waals surface area contributed by atoms with Crippen LogP contribution in [0.15, 0.2) is 0 Å². The number of hydrogen-bond acceptors (Lipinski definition) is 2. The first kappa shape index (κ1) is 17.0. The fourth-order valence-corrected chi connectivity index (χ4v) is 3.27. The Labute approximate surface area is 121 Å². The molecule has 1 N–H and O–H groups in total. The molecule has 2 heteroatoms. The molecule has 0 heterocycles. The molecule has 0 amide bonds. The Morgan fingerprint density at radius 1 is 1.26 bits per heavy atom. The van der Waals surface area contributed by atoms with Crippen molar-refractivity contribution in [1.29, 1.82) is 0 Å². The van der Waals surface area contributed by atoms with Gasteiger partial charge >= 0.3 is 0 Å². The highest BCUT2D eigenvalue weighted by Crippen LogP contribution is 2.29. The van der Waals surface area contributed by atoms with E-state index in [1.54, 1.807) is 0 Å². The summed E-state index contributed by atoms with van der Waals surface area (Å²) < 4.78 is 0. The van der Waals surface area contributed by atoms with Crippen molar-refractivity contribution in [3.63, 3.8) is 0 Å². The van der Waals surface area contributed by atoms with E-state index >= 15 is 0 Å². The Kier molecular flexibility index (Phi) is 8.01. The van der Waals surface area contributed by atoms with E-state index < -0.39 is 0 Å². The molecule has 0 aromatic carbocycles. The van der Waals surface area contributed by atoms with E-state index in [1.807, 2.05) is 0 Å². The van der Waals surface area contributed by atoms with Crippen LogP contribution in [0.4, 0.5) is 0 Å². The molecule has 0 aromatic rings. The first-order valence-corrected chi connectivity index (χ1v) is 8.44. The van der Waals surface area contributed by atoms with Crippen LogP contribution in [0.1, 0.15) is 59.8 Å². The Morgan fingerprint density at radius 2 is 2.00 bits per heavy atom. The smallest absolute Gasteiger partial charge is 0.0108 e. The van der Waals surface area contributed by atoms with Crippen LogP contribution in [0.5, 0.6) is 0 Å². The van der Waals surface area contributed by atoms with Crippen LogP contribution in [-0.4, -0.2) is 37.6 Å². The standard InChI is InChI=1S/C17H36N2/c1-6-10-18-17-8-7-15(4)12-16(17)13-19(5)11-9-14(2)3/h14-18H,6-13H2,1-5H3. The normalized spacial score (nSPS) is 28.3. The molecule has 1 fully saturated rings. The minimum atomic E-state index is 0.762. The SMILES string of the molecule is CCCNC1CCC(C)CC1CN(C)CCC(C)C. The molecule has 0 aliphatic heterocycles. The topological polar surface area (TPSA) is 15.3 Å². The highest BCUT2D eigenvalue weighted by atomic mass is 15.1. The van der Waals surface area contributed by atoms with E-state index in [0.717, 1.165) is 23.8 Å². The van der Waals surface area contributed by atoms with Crippen molar-refractivity contribution in [2.45, 2.75) is 65.8 Å². The molecular weight excluding hydrogens is 232 g/mol. The van der Waals surface area contributed by atoms with Crippen LogP contribution >= 0.6 is 0 Å². The highest BCUT2D eigenvalue weighted by molar-refractivity contribution is 4.85. The second kappa shape index (κ2) is 8.97. The number of nitrogens with one attached hydrogen (secondary N) is 1. The first-order chi connectivity index (χ1) is 9.02. The Bertz CT molecular complexity index is 225. The predicted octanol–water partition coefficient (Wildman–Crippen LogP) is 3.77. The van der Waals surface area contributed by atoms with E-state index in [-0.39, 0.29) is 0 Å². The molecule has 114 valence electrons. The molecule has 1 rings (SSSR count). The largest absolute Gasteiger partial charge is 0.314 e. The summed E-state index contributed by atoms with van der Waals surface area (Å²) in [6.07, 6.45) is 6.78. The van der Waals surface area contributed by atoms with Crippen LogP contribution in [0.3, 0.4) is 0 Å². The third kappa shape index (κ3) is 6.76. The summed E-state index contributed by atoms with van der Waals surface area (Å²) >= 11 is 0. The third-order valence-electron chi connectivity index (χ3n) is 4.54. The molecule has 0 saturated heterocycles. The zero-order chi connectivity index (χ0) is 14.3. The molecule has 2 nitrogen and oxygen atoms in total. The zero-order valence-corrected chi connectivity index (χ0v) is 13.9. The van der Waals surface area contributed by atoms with Gasteiger partial charge in [-0.1, -0.05) is 27.7 Å². The molecule has 3 atom stereocenters. The fraction of sp³-hybridized carbons (Fsp3) is 1.00. The summed E-state index contributed by atoms with van der Waals surface area (Å²) in [6.45, 7) is 13.1. The van der Waals surface area contributed by atoms with Gasteiger partial charge in [0.2, 0.25) is 0 Å². The summed E-state index contributed by atoms with van der Waals surface area (Å²) in [5.41, 5.74) is 0. The highest BCUT2D eigenvalue weighted by Gasteiger charge is 2.28. The Morgan fingerprint density at radius 3 is 2.63 bits per heavy atom. The van der Waals surface area contributed by atoms with E-state index in [0.29, 0.717) is 0 Å². The lowest BCUT2D eigenvalue weighted by atomic mass is 9.78. The molecule has 1 aliphatic rings. The minimum Gasteiger partial charge on any atom is -0.314 e. The maximum atomic E-state index is 3.79. The first-order valence-electron chi connectivity index (χ1n) is 8.44. The molecule has 0 spiro atoms. The Balaban J connectivity index is 2.40. The van der Waals surface area contributed by atoms with Crippen LogP contribution < -0.4 is 5.32 Å². The molecule has 0 aromatic heterocycles. The molecule has 3 unspecified atom stereocenters. The van der Waals surface area contributed by atoms with Gasteiger partial charge < -0.3 is 10.2 Å². The lowest BCUT2D eigenvalue weighted by Crippen LogP contribution is -2.45. The van der Waals surface area contributed by atoms with Crippen molar-refractivity contribution in [2.24, 2.45) is 17.8 Å². The van der Waals surface area contributed by atoms with Crippen molar-refractivity contribution in [1.82, 2.24) is 10.2 Å². The number of rotatable bonds is 8. The lowest BCUT2D eigenvalue weighted by Gasteiger charge is -2.38. The maximum Gasteiger partial charge on any atom is 0.0108 e. The van der Waals surface area contributed by atoms with Crippen molar-refractivity contribution in [3.05, 3.63) is 0 Å². The van der Waals surface area contributed by atoms with Crippen LogP contribution in [0, 0.1) is 17.8 Å². The summed E-state index contributed by atoms with van der Waals surface area (Å²) in [5.74, 6) is 2.59. The monoisotopic (exact) mass is 268 g/mol.